The van der Waals surface area contributed by atoms with Crippen molar-refractivity contribution in [2.24, 2.45) is 0 Å². The van der Waals surface area contributed by atoms with Crippen molar-refractivity contribution in [1.82, 2.24) is 28.0 Å². The minimum absolute atomic E-state index is 1.82. The van der Waals surface area contributed by atoms with Gasteiger partial charge in [0.1, 0.15) is 14.7 Å². The molecule has 0 heterocycles. The van der Waals surface area contributed by atoms with E-state index in [0.29, 0.717) is 0 Å². The monoisotopic (exact) mass is 338 g/mol. The lowest BCUT2D eigenvalue weighted by molar-refractivity contribution is 0.479. The van der Waals surface area contributed by atoms with Crippen molar-refractivity contribution in [3.05, 3.63) is 0 Å². The van der Waals surface area contributed by atoms with Crippen molar-refractivity contribution in [1.29, 1.82) is 0 Å². The molecular weight excluding hydrogens is 302 g/mol. The predicted molar refractivity (Wildman–Crippen MR) is 101 cm³/mol. The molecule has 0 N–H and O–H groups in total. The van der Waals surface area contributed by atoms with Crippen LogP contribution in [0.3, 0.4) is 0 Å². The summed E-state index contributed by atoms with van der Waals surface area (Å²) >= 11 is 0. The average molecular weight is 338 g/mol. The quantitative estimate of drug-likeness (QED) is 0.679. The third-order valence-corrected chi connectivity index (χ3v) is 12.5. The van der Waals surface area contributed by atoms with Crippen molar-refractivity contribution in [3.63, 3.8) is 0 Å². The SMILES string of the molecule is CN(C)P(=C=P(N(C)C)(N(C)C)N(C)C)(N(C)C)N(C)C. The van der Waals surface area contributed by atoms with E-state index < -0.39 is 14.7 Å². The molecule has 0 aliphatic rings. The Labute approximate surface area is 133 Å². The molecule has 6 nitrogen and oxygen atoms in total. The predicted octanol–water partition coefficient (Wildman–Crippen LogP) is 1.52. The first-order valence-electron chi connectivity index (χ1n) is 7.01. The largest absolute Gasteiger partial charge is 0.260 e. The van der Waals surface area contributed by atoms with E-state index in [-0.39, 0.29) is 0 Å². The zero-order valence-electron chi connectivity index (χ0n) is 16.1. The average Bonchev–Trinajstić information content (AvgIpc) is 2.26. The highest BCUT2D eigenvalue weighted by Gasteiger charge is 2.32. The highest BCUT2D eigenvalue weighted by molar-refractivity contribution is 7.82. The molecule has 0 aliphatic heterocycles. The molecule has 0 aromatic rings. The van der Waals surface area contributed by atoms with Crippen LogP contribution < -0.4 is 0 Å². The molecule has 0 unspecified atom stereocenters. The summed E-state index contributed by atoms with van der Waals surface area (Å²) in [5.74, 6) is 0. The smallest absolute Gasteiger partial charge is 0.126 e. The summed E-state index contributed by atoms with van der Waals surface area (Å²) in [6, 6.07) is 0. The Morgan fingerprint density at radius 1 is 0.381 bits per heavy atom. The van der Waals surface area contributed by atoms with Crippen molar-refractivity contribution in [3.8, 4) is 0 Å². The highest BCUT2D eigenvalue weighted by atomic mass is 31.2. The summed E-state index contributed by atoms with van der Waals surface area (Å²) in [7, 11) is 22.1. The summed E-state index contributed by atoms with van der Waals surface area (Å²) in [4.78, 5) is 0. The van der Waals surface area contributed by atoms with Gasteiger partial charge in [-0.25, -0.2) is 0 Å². The Morgan fingerprint density at radius 2 is 0.524 bits per heavy atom. The zero-order valence-corrected chi connectivity index (χ0v) is 17.9. The third kappa shape index (κ3) is 3.84. The molecule has 0 radical (unpaired) electrons. The lowest BCUT2D eigenvalue weighted by Crippen LogP contribution is -2.35. The Hall–Kier alpha value is 0.400. The first kappa shape index (κ1) is 21.4. The van der Waals surface area contributed by atoms with E-state index in [2.05, 4.69) is 118 Å². The van der Waals surface area contributed by atoms with Crippen molar-refractivity contribution >= 4 is 19.8 Å². The molecule has 8 heteroatoms. The molecule has 128 valence electrons. The van der Waals surface area contributed by atoms with E-state index in [4.69, 9.17) is 0 Å². The Kier molecular flexibility index (Phi) is 7.94. The molecule has 0 bridgehead atoms. The molecule has 0 aromatic heterocycles. The molecule has 0 fully saturated rings. The lowest BCUT2D eigenvalue weighted by Gasteiger charge is -2.46. The van der Waals surface area contributed by atoms with Crippen LogP contribution in [0.4, 0.5) is 0 Å². The molecule has 0 spiro atoms. The van der Waals surface area contributed by atoms with E-state index in [1.807, 2.05) is 0 Å². The van der Waals surface area contributed by atoms with Crippen LogP contribution in [0, 0.1) is 0 Å². The van der Waals surface area contributed by atoms with Gasteiger partial charge in [-0.3, -0.25) is 28.0 Å². The van der Waals surface area contributed by atoms with E-state index in [0.717, 1.165) is 0 Å². The topological polar surface area (TPSA) is 19.4 Å². The summed E-state index contributed by atoms with van der Waals surface area (Å²) in [6.07, 6.45) is 0. The molecule has 0 atom stereocenters. The molecule has 0 aliphatic carbocycles. The fraction of sp³-hybridized carbons (Fsp3) is 0.923. The van der Waals surface area contributed by atoms with Crippen LogP contribution in [-0.4, -0.2) is 118 Å². The summed E-state index contributed by atoms with van der Waals surface area (Å²) in [5.41, 5.74) is 0. The maximum Gasteiger partial charge on any atom is 0.126 e. The second-order valence-corrected chi connectivity index (χ2v) is 14.2. The third-order valence-electron chi connectivity index (χ3n) is 3.61. The van der Waals surface area contributed by atoms with Gasteiger partial charge in [0.25, 0.3) is 0 Å². The van der Waals surface area contributed by atoms with Crippen LogP contribution in [0.1, 0.15) is 0 Å². The van der Waals surface area contributed by atoms with Gasteiger partial charge in [-0.2, -0.15) is 0 Å². The van der Waals surface area contributed by atoms with E-state index in [1.165, 1.54) is 0 Å². The first-order valence-corrected chi connectivity index (χ1v) is 10.3. The van der Waals surface area contributed by atoms with Gasteiger partial charge in [0, 0.05) is 0 Å². The minimum atomic E-state index is -1.82. The molecule has 0 aromatic carbocycles. The van der Waals surface area contributed by atoms with Gasteiger partial charge in [0.2, 0.25) is 0 Å². The minimum Gasteiger partial charge on any atom is -0.260 e. The second kappa shape index (κ2) is 7.79. The summed E-state index contributed by atoms with van der Waals surface area (Å²) in [5, 5.41) is 4.06. The maximum absolute atomic E-state index is 4.06. The number of hydrogen-bond acceptors (Lipinski definition) is 6. The van der Waals surface area contributed by atoms with Gasteiger partial charge < -0.3 is 0 Å². The van der Waals surface area contributed by atoms with Gasteiger partial charge in [-0.15, -0.1) is 0 Å². The van der Waals surface area contributed by atoms with Crippen LogP contribution in [0.2, 0.25) is 0 Å². The van der Waals surface area contributed by atoms with E-state index in [9.17, 15) is 0 Å². The molecule has 0 amide bonds. The standard InChI is InChI=1S/C13H36N6P2/c1-14(2)20(15(3)4,16(5)6)13-21(17(7)8,18(9)10)19(11)12/h1-12H3. The van der Waals surface area contributed by atoms with Crippen LogP contribution in [-0.2, 0) is 0 Å². The maximum atomic E-state index is 4.06. The van der Waals surface area contributed by atoms with Crippen LogP contribution in [0.5, 0.6) is 0 Å². The zero-order chi connectivity index (χ0) is 17.2. The highest BCUT2D eigenvalue weighted by Crippen LogP contribution is 2.59. The Bertz CT molecular complexity index is 353. The fourth-order valence-corrected chi connectivity index (χ4v) is 12.9. The molecule has 21 heavy (non-hydrogen) atoms. The van der Waals surface area contributed by atoms with Crippen molar-refractivity contribution < 1.29 is 0 Å². The lowest BCUT2D eigenvalue weighted by atomic mass is 11.2. The summed E-state index contributed by atoms with van der Waals surface area (Å²) in [6.45, 7) is 0. The number of rotatable bonds is 6. The van der Waals surface area contributed by atoms with Crippen LogP contribution in [0.25, 0.3) is 0 Å². The number of nitrogens with zero attached hydrogens (tertiary/aromatic N) is 6. The normalized spacial score (nSPS) is 14.2. The van der Waals surface area contributed by atoms with Crippen molar-refractivity contribution in [2.75, 3.05) is 84.6 Å². The second-order valence-electron chi connectivity index (χ2n) is 6.32. The van der Waals surface area contributed by atoms with E-state index >= 15 is 0 Å². The molecule has 0 rings (SSSR count). The van der Waals surface area contributed by atoms with Crippen LogP contribution >= 0.6 is 14.7 Å². The Morgan fingerprint density at radius 3 is 0.619 bits per heavy atom. The number of hydrogen-bond donors (Lipinski definition) is 0. The van der Waals surface area contributed by atoms with Crippen molar-refractivity contribution in [2.45, 2.75) is 0 Å². The van der Waals surface area contributed by atoms with E-state index in [1.54, 1.807) is 0 Å². The van der Waals surface area contributed by atoms with Gasteiger partial charge in [0.05, 0.1) is 0 Å². The molecule has 0 saturated carbocycles. The Balaban J connectivity index is 7.26. The first-order chi connectivity index (χ1) is 9.37. The van der Waals surface area contributed by atoms with Gasteiger partial charge in [-0.1, -0.05) is 0 Å². The van der Waals surface area contributed by atoms with Gasteiger partial charge in [-0.05, 0) is 89.7 Å². The molecule has 0 saturated heterocycles. The molecular formula is C13H36N6P2. The van der Waals surface area contributed by atoms with Crippen LogP contribution in [0.15, 0.2) is 0 Å². The van der Waals surface area contributed by atoms with Gasteiger partial charge in [0.15, 0.2) is 0 Å². The van der Waals surface area contributed by atoms with Gasteiger partial charge >= 0.3 is 0 Å². The summed E-state index contributed by atoms with van der Waals surface area (Å²) < 4.78 is 13.9. The fourth-order valence-electron chi connectivity index (χ4n) is 2.86.